The first-order valence-corrected chi connectivity index (χ1v) is 8.44. The van der Waals surface area contributed by atoms with Crippen LogP contribution in [0.4, 0.5) is 11.4 Å². The van der Waals surface area contributed by atoms with Crippen LogP contribution in [0, 0.1) is 0 Å². The summed E-state index contributed by atoms with van der Waals surface area (Å²) < 4.78 is 5.42. The summed E-state index contributed by atoms with van der Waals surface area (Å²) in [5.74, 6) is 1.44. The molecule has 0 aromatic heterocycles. The third-order valence-corrected chi connectivity index (χ3v) is 3.98. The number of ether oxygens (including phenoxy) is 1. The van der Waals surface area contributed by atoms with Gasteiger partial charge < -0.3 is 15.4 Å². The van der Waals surface area contributed by atoms with Crippen molar-refractivity contribution in [1.82, 2.24) is 0 Å². The molecule has 23 heavy (non-hydrogen) atoms. The maximum atomic E-state index is 5.42. The molecule has 1 unspecified atom stereocenters. The minimum atomic E-state index is 0.574. The molecule has 0 spiro atoms. The highest BCUT2D eigenvalue weighted by atomic mass is 32.1. The van der Waals surface area contributed by atoms with Gasteiger partial charge in [0, 0.05) is 11.4 Å². The molecular weight excluding hydrogens is 304 g/mol. The summed E-state index contributed by atoms with van der Waals surface area (Å²) >= 11 is 5.36. The molecule has 4 heteroatoms. The molecule has 0 bridgehead atoms. The fourth-order valence-corrected chi connectivity index (χ4v) is 2.46. The van der Waals surface area contributed by atoms with Crippen molar-refractivity contribution in [2.45, 2.75) is 33.1 Å². The summed E-state index contributed by atoms with van der Waals surface area (Å²) in [6.45, 7) is 7.07. The zero-order valence-electron chi connectivity index (χ0n) is 13.9. The number of hydrogen-bond donors (Lipinski definition) is 2. The van der Waals surface area contributed by atoms with Crippen molar-refractivity contribution in [1.29, 1.82) is 0 Å². The monoisotopic (exact) mass is 328 g/mol. The minimum Gasteiger partial charge on any atom is -0.494 e. The molecule has 0 aliphatic rings. The second-order valence-corrected chi connectivity index (χ2v) is 5.88. The van der Waals surface area contributed by atoms with Crippen molar-refractivity contribution in [2.24, 2.45) is 0 Å². The molecular formula is C19H24N2OS. The van der Waals surface area contributed by atoms with E-state index in [9.17, 15) is 0 Å². The van der Waals surface area contributed by atoms with Crippen LogP contribution >= 0.6 is 12.2 Å². The summed E-state index contributed by atoms with van der Waals surface area (Å²) in [5, 5.41) is 6.95. The van der Waals surface area contributed by atoms with Crippen LogP contribution in [0.5, 0.6) is 5.75 Å². The van der Waals surface area contributed by atoms with Gasteiger partial charge in [-0.2, -0.15) is 0 Å². The van der Waals surface area contributed by atoms with Crippen LogP contribution < -0.4 is 15.4 Å². The molecule has 122 valence electrons. The minimum absolute atomic E-state index is 0.574. The number of nitrogens with one attached hydrogen (secondary N) is 2. The SMILES string of the molecule is CCOc1ccc(NC(=S)Nc2ccc(C(C)CC)cc2)cc1. The molecule has 0 amide bonds. The average molecular weight is 328 g/mol. The lowest BCUT2D eigenvalue weighted by Crippen LogP contribution is -2.19. The van der Waals surface area contributed by atoms with Crippen LogP contribution in [0.25, 0.3) is 0 Å². The molecule has 0 radical (unpaired) electrons. The highest BCUT2D eigenvalue weighted by molar-refractivity contribution is 7.80. The first-order chi connectivity index (χ1) is 11.1. The number of anilines is 2. The largest absolute Gasteiger partial charge is 0.494 e. The van der Waals surface area contributed by atoms with Gasteiger partial charge in [-0.1, -0.05) is 26.0 Å². The molecule has 2 aromatic rings. The summed E-state index contributed by atoms with van der Waals surface area (Å²) in [4.78, 5) is 0. The predicted octanol–water partition coefficient (Wildman–Crippen LogP) is 5.41. The zero-order valence-corrected chi connectivity index (χ0v) is 14.7. The Morgan fingerprint density at radius 1 is 0.957 bits per heavy atom. The molecule has 0 heterocycles. The maximum absolute atomic E-state index is 5.42. The third kappa shape index (κ3) is 5.25. The van der Waals surface area contributed by atoms with Gasteiger partial charge in [0.25, 0.3) is 0 Å². The van der Waals surface area contributed by atoms with E-state index in [-0.39, 0.29) is 0 Å². The van der Waals surface area contributed by atoms with Gasteiger partial charge in [-0.05, 0) is 73.4 Å². The Morgan fingerprint density at radius 2 is 1.48 bits per heavy atom. The first-order valence-electron chi connectivity index (χ1n) is 8.03. The van der Waals surface area contributed by atoms with Crippen LogP contribution in [0.1, 0.15) is 38.7 Å². The van der Waals surface area contributed by atoms with Gasteiger partial charge in [-0.3, -0.25) is 0 Å². The summed E-state index contributed by atoms with van der Waals surface area (Å²) in [5.41, 5.74) is 3.27. The van der Waals surface area contributed by atoms with E-state index in [1.54, 1.807) is 0 Å². The van der Waals surface area contributed by atoms with Gasteiger partial charge in [0.2, 0.25) is 0 Å². The van der Waals surface area contributed by atoms with Crippen molar-refractivity contribution in [3.05, 3.63) is 54.1 Å². The lowest BCUT2D eigenvalue weighted by atomic mass is 9.99. The molecule has 3 nitrogen and oxygen atoms in total. The lowest BCUT2D eigenvalue weighted by molar-refractivity contribution is 0.340. The average Bonchev–Trinajstić information content (AvgIpc) is 2.57. The van der Waals surface area contributed by atoms with Gasteiger partial charge in [0.05, 0.1) is 6.61 Å². The van der Waals surface area contributed by atoms with Crippen LogP contribution in [-0.4, -0.2) is 11.7 Å². The molecule has 0 aliphatic heterocycles. The van der Waals surface area contributed by atoms with E-state index in [1.807, 2.05) is 31.2 Å². The van der Waals surface area contributed by atoms with Crippen molar-refractivity contribution >= 4 is 28.7 Å². The van der Waals surface area contributed by atoms with Crippen LogP contribution in [0.2, 0.25) is 0 Å². The standard InChI is InChI=1S/C19H24N2OS/c1-4-14(3)15-6-8-16(9-7-15)20-19(23)21-17-10-12-18(13-11-17)22-5-2/h6-14H,4-5H2,1-3H3,(H2,20,21,23). The van der Waals surface area contributed by atoms with E-state index < -0.39 is 0 Å². The van der Waals surface area contributed by atoms with E-state index in [1.165, 1.54) is 5.56 Å². The normalized spacial score (nSPS) is 11.6. The molecule has 2 aromatic carbocycles. The summed E-state index contributed by atoms with van der Waals surface area (Å²) in [6.07, 6.45) is 1.14. The second-order valence-electron chi connectivity index (χ2n) is 5.47. The highest BCUT2D eigenvalue weighted by Gasteiger charge is 2.04. The summed E-state index contributed by atoms with van der Waals surface area (Å²) in [6, 6.07) is 16.2. The van der Waals surface area contributed by atoms with Gasteiger partial charge in [0.15, 0.2) is 5.11 Å². The molecule has 1 atom stereocenters. The van der Waals surface area contributed by atoms with Crippen molar-refractivity contribution in [2.75, 3.05) is 17.2 Å². The number of benzene rings is 2. The van der Waals surface area contributed by atoms with E-state index in [0.717, 1.165) is 23.5 Å². The molecule has 2 rings (SSSR count). The van der Waals surface area contributed by atoms with E-state index >= 15 is 0 Å². The van der Waals surface area contributed by atoms with E-state index in [2.05, 4.69) is 48.7 Å². The van der Waals surface area contributed by atoms with Crippen LogP contribution in [0.3, 0.4) is 0 Å². The zero-order chi connectivity index (χ0) is 16.7. The van der Waals surface area contributed by atoms with Gasteiger partial charge in [0.1, 0.15) is 5.75 Å². The Bertz CT molecular complexity index is 623. The van der Waals surface area contributed by atoms with E-state index in [0.29, 0.717) is 17.6 Å². The molecule has 0 fully saturated rings. The Labute approximate surface area is 144 Å². The van der Waals surface area contributed by atoms with Gasteiger partial charge in [-0.25, -0.2) is 0 Å². The molecule has 0 saturated carbocycles. The topological polar surface area (TPSA) is 33.3 Å². The van der Waals surface area contributed by atoms with Crippen molar-refractivity contribution in [3.63, 3.8) is 0 Å². The molecule has 2 N–H and O–H groups in total. The highest BCUT2D eigenvalue weighted by Crippen LogP contribution is 2.21. The van der Waals surface area contributed by atoms with Crippen LogP contribution in [-0.2, 0) is 0 Å². The smallest absolute Gasteiger partial charge is 0.175 e. The van der Waals surface area contributed by atoms with Crippen molar-refractivity contribution in [3.8, 4) is 5.75 Å². The Kier molecular flexibility index (Phi) is 6.41. The quantitative estimate of drug-likeness (QED) is 0.695. The fourth-order valence-electron chi connectivity index (χ4n) is 2.23. The number of hydrogen-bond acceptors (Lipinski definition) is 2. The predicted molar refractivity (Wildman–Crippen MR) is 103 cm³/mol. The Balaban J connectivity index is 1.91. The van der Waals surface area contributed by atoms with Crippen LogP contribution in [0.15, 0.2) is 48.5 Å². The first kappa shape index (κ1) is 17.3. The van der Waals surface area contributed by atoms with Gasteiger partial charge >= 0.3 is 0 Å². The number of rotatable bonds is 6. The number of thiocarbonyl (C=S) groups is 1. The Morgan fingerprint density at radius 3 is 1.96 bits per heavy atom. The lowest BCUT2D eigenvalue weighted by Gasteiger charge is -2.13. The molecule has 0 saturated heterocycles. The fraction of sp³-hybridized carbons (Fsp3) is 0.316. The van der Waals surface area contributed by atoms with Gasteiger partial charge in [-0.15, -0.1) is 0 Å². The van der Waals surface area contributed by atoms with E-state index in [4.69, 9.17) is 17.0 Å². The summed E-state index contributed by atoms with van der Waals surface area (Å²) in [7, 11) is 0. The van der Waals surface area contributed by atoms with Crippen molar-refractivity contribution < 1.29 is 4.74 Å². The molecule has 0 aliphatic carbocycles. The third-order valence-electron chi connectivity index (χ3n) is 3.77. The maximum Gasteiger partial charge on any atom is 0.175 e. The Hall–Kier alpha value is -2.07. The second kappa shape index (κ2) is 8.53.